The van der Waals surface area contributed by atoms with Gasteiger partial charge in [-0.05, 0) is 12.1 Å². The van der Waals surface area contributed by atoms with Gasteiger partial charge in [-0.15, -0.1) is 0 Å². The van der Waals surface area contributed by atoms with Gasteiger partial charge in [-0.1, -0.05) is 6.07 Å². The topological polar surface area (TPSA) is 20.3 Å². The quantitative estimate of drug-likeness (QED) is 0.569. The van der Waals surface area contributed by atoms with E-state index in [2.05, 4.69) is 0 Å². The van der Waals surface area contributed by atoms with Crippen LogP contribution in [0.5, 0.6) is 0 Å². The van der Waals surface area contributed by atoms with Gasteiger partial charge in [0, 0.05) is 24.7 Å². The first-order valence-electron chi connectivity index (χ1n) is 3.73. The number of fused-ring (bicyclic) bond motifs is 1. The molecular weight excluding hydrogens is 157 g/mol. The first-order valence-corrected chi connectivity index (χ1v) is 3.73. The molecule has 1 aromatic rings. The fourth-order valence-electron chi connectivity index (χ4n) is 1.43. The highest BCUT2D eigenvalue weighted by molar-refractivity contribution is 5.98. The van der Waals surface area contributed by atoms with Crippen LogP contribution in [0.4, 0.5) is 4.39 Å². The number of carbonyl (C=O) groups is 1. The molecule has 1 heterocycles. The number of hydrogen-bond donors (Lipinski definition) is 0. The molecule has 0 bridgehead atoms. The Bertz CT molecular complexity index is 348. The van der Waals surface area contributed by atoms with Crippen LogP contribution >= 0.6 is 0 Å². The van der Waals surface area contributed by atoms with Crippen molar-refractivity contribution in [3.05, 3.63) is 35.1 Å². The second kappa shape index (κ2) is 2.30. The van der Waals surface area contributed by atoms with Crippen LogP contribution in [-0.4, -0.2) is 17.9 Å². The van der Waals surface area contributed by atoms with Gasteiger partial charge in [0.2, 0.25) is 0 Å². The summed E-state index contributed by atoms with van der Waals surface area (Å²) in [6.45, 7) is 0.390. The number of benzene rings is 1. The van der Waals surface area contributed by atoms with Gasteiger partial charge in [-0.2, -0.15) is 0 Å². The molecule has 0 N–H and O–H groups in total. The van der Waals surface area contributed by atoms with Crippen molar-refractivity contribution in [3.63, 3.8) is 0 Å². The van der Waals surface area contributed by atoms with Crippen molar-refractivity contribution in [1.29, 1.82) is 0 Å². The van der Waals surface area contributed by atoms with Crippen LogP contribution in [0.15, 0.2) is 18.2 Å². The minimum absolute atomic E-state index is 0.0931. The molecule has 3 heteroatoms. The molecule has 0 fully saturated rings. The first kappa shape index (κ1) is 7.28. The molecule has 2 rings (SSSR count). The SMILES string of the molecule is CN1Cc2c(F)cccc2C1=O. The van der Waals surface area contributed by atoms with Crippen molar-refractivity contribution in [3.8, 4) is 0 Å². The summed E-state index contributed by atoms with van der Waals surface area (Å²) < 4.78 is 13.1. The molecule has 0 aliphatic carbocycles. The Morgan fingerprint density at radius 3 is 2.92 bits per heavy atom. The molecule has 0 saturated carbocycles. The van der Waals surface area contributed by atoms with Crippen LogP contribution in [-0.2, 0) is 6.54 Å². The average molecular weight is 165 g/mol. The molecule has 0 spiro atoms. The Balaban J connectivity index is 2.61. The minimum Gasteiger partial charge on any atom is -0.337 e. The lowest BCUT2D eigenvalue weighted by molar-refractivity contribution is 0.0816. The van der Waals surface area contributed by atoms with Crippen LogP contribution < -0.4 is 0 Å². The lowest BCUT2D eigenvalue weighted by Crippen LogP contribution is -2.17. The molecule has 1 amide bonds. The zero-order valence-electron chi connectivity index (χ0n) is 6.67. The van der Waals surface area contributed by atoms with Crippen molar-refractivity contribution in [1.82, 2.24) is 4.90 Å². The fourth-order valence-corrected chi connectivity index (χ4v) is 1.43. The van der Waals surface area contributed by atoms with Gasteiger partial charge >= 0.3 is 0 Å². The lowest BCUT2D eigenvalue weighted by Gasteiger charge is -2.04. The number of nitrogens with zero attached hydrogens (tertiary/aromatic N) is 1. The smallest absolute Gasteiger partial charge is 0.254 e. The normalized spacial score (nSPS) is 15.2. The van der Waals surface area contributed by atoms with E-state index >= 15 is 0 Å². The average Bonchev–Trinajstić information content (AvgIpc) is 2.32. The summed E-state index contributed by atoms with van der Waals surface area (Å²) in [5, 5.41) is 0. The predicted molar refractivity (Wildman–Crippen MR) is 42.2 cm³/mol. The van der Waals surface area contributed by atoms with Gasteiger partial charge in [0.15, 0.2) is 0 Å². The van der Waals surface area contributed by atoms with Crippen LogP contribution in [0.2, 0.25) is 0 Å². The Morgan fingerprint density at radius 2 is 2.25 bits per heavy atom. The third-order valence-corrected chi connectivity index (χ3v) is 2.09. The van der Waals surface area contributed by atoms with Gasteiger partial charge in [-0.25, -0.2) is 4.39 Å². The summed E-state index contributed by atoms with van der Waals surface area (Å²) in [6, 6.07) is 4.60. The maximum absolute atomic E-state index is 13.1. The molecule has 2 nitrogen and oxygen atoms in total. The van der Waals surface area contributed by atoms with E-state index in [1.165, 1.54) is 11.0 Å². The summed E-state index contributed by atoms with van der Waals surface area (Å²) in [5.41, 5.74) is 1.02. The largest absolute Gasteiger partial charge is 0.337 e. The summed E-state index contributed by atoms with van der Waals surface area (Å²) in [4.78, 5) is 12.8. The molecule has 0 radical (unpaired) electrons. The van der Waals surface area contributed by atoms with Gasteiger partial charge in [0.1, 0.15) is 5.82 Å². The molecule has 0 aromatic heterocycles. The Labute approximate surface area is 69.6 Å². The van der Waals surface area contributed by atoms with E-state index in [-0.39, 0.29) is 11.7 Å². The zero-order chi connectivity index (χ0) is 8.72. The van der Waals surface area contributed by atoms with Gasteiger partial charge in [-0.3, -0.25) is 4.79 Å². The summed E-state index contributed by atoms with van der Waals surface area (Å²) >= 11 is 0. The van der Waals surface area contributed by atoms with Crippen LogP contribution in [0, 0.1) is 5.82 Å². The van der Waals surface area contributed by atoms with E-state index in [1.54, 1.807) is 19.2 Å². The van der Waals surface area contributed by atoms with Crippen molar-refractivity contribution in [2.75, 3.05) is 7.05 Å². The van der Waals surface area contributed by atoms with E-state index in [1.807, 2.05) is 0 Å². The molecular formula is C9H8FNO. The van der Waals surface area contributed by atoms with Crippen molar-refractivity contribution >= 4 is 5.91 Å². The number of amides is 1. The van der Waals surface area contributed by atoms with Crippen LogP contribution in [0.1, 0.15) is 15.9 Å². The summed E-state index contributed by atoms with van der Waals surface area (Å²) in [7, 11) is 1.67. The first-order chi connectivity index (χ1) is 5.70. The second-order valence-corrected chi connectivity index (χ2v) is 2.93. The van der Waals surface area contributed by atoms with Crippen molar-refractivity contribution in [2.45, 2.75) is 6.54 Å². The van der Waals surface area contributed by atoms with Crippen LogP contribution in [0.3, 0.4) is 0 Å². The predicted octanol–water partition coefficient (Wildman–Crippen LogP) is 1.41. The second-order valence-electron chi connectivity index (χ2n) is 2.93. The Kier molecular flexibility index (Phi) is 1.40. The maximum atomic E-state index is 13.1. The molecule has 1 aromatic carbocycles. The lowest BCUT2D eigenvalue weighted by atomic mass is 10.1. The highest BCUT2D eigenvalue weighted by atomic mass is 19.1. The zero-order valence-corrected chi connectivity index (χ0v) is 6.67. The summed E-state index contributed by atoms with van der Waals surface area (Å²) in [6.07, 6.45) is 0. The molecule has 0 saturated heterocycles. The molecule has 0 atom stereocenters. The Hall–Kier alpha value is -1.38. The van der Waals surface area contributed by atoms with E-state index in [9.17, 15) is 9.18 Å². The van der Waals surface area contributed by atoms with E-state index in [0.717, 1.165) is 0 Å². The number of rotatable bonds is 0. The third-order valence-electron chi connectivity index (χ3n) is 2.09. The van der Waals surface area contributed by atoms with Gasteiger partial charge < -0.3 is 4.90 Å². The molecule has 1 aliphatic heterocycles. The van der Waals surface area contributed by atoms with Gasteiger partial charge in [0.05, 0.1) is 0 Å². The third kappa shape index (κ3) is 0.826. The van der Waals surface area contributed by atoms with E-state index in [0.29, 0.717) is 17.7 Å². The standard InChI is InChI=1S/C9H8FNO/c1-11-5-7-6(9(11)12)3-2-4-8(7)10/h2-4H,5H2,1H3. The van der Waals surface area contributed by atoms with Crippen LogP contribution in [0.25, 0.3) is 0 Å². The van der Waals surface area contributed by atoms with E-state index in [4.69, 9.17) is 0 Å². The van der Waals surface area contributed by atoms with E-state index < -0.39 is 0 Å². The maximum Gasteiger partial charge on any atom is 0.254 e. The number of carbonyl (C=O) groups excluding carboxylic acids is 1. The number of hydrogen-bond acceptors (Lipinski definition) is 1. The minimum atomic E-state index is -0.287. The molecule has 0 unspecified atom stereocenters. The monoisotopic (exact) mass is 165 g/mol. The number of halogens is 1. The summed E-state index contributed by atoms with van der Waals surface area (Å²) in [5.74, 6) is -0.380. The van der Waals surface area contributed by atoms with Crippen molar-refractivity contribution in [2.24, 2.45) is 0 Å². The molecule has 62 valence electrons. The molecule has 12 heavy (non-hydrogen) atoms. The fraction of sp³-hybridized carbons (Fsp3) is 0.222. The Morgan fingerprint density at radius 1 is 1.50 bits per heavy atom. The molecule has 1 aliphatic rings. The highest BCUT2D eigenvalue weighted by Gasteiger charge is 2.26. The van der Waals surface area contributed by atoms with Crippen molar-refractivity contribution < 1.29 is 9.18 Å². The van der Waals surface area contributed by atoms with Gasteiger partial charge in [0.25, 0.3) is 5.91 Å². The highest BCUT2D eigenvalue weighted by Crippen LogP contribution is 2.23.